The topological polar surface area (TPSA) is 92.4 Å². The number of hydrogen-bond acceptors (Lipinski definition) is 4. The molecule has 4 atom stereocenters. The minimum absolute atomic E-state index is 0.141. The fourth-order valence-electron chi connectivity index (χ4n) is 2.08. The molecule has 0 saturated carbocycles. The molecule has 0 bridgehead atoms. The van der Waals surface area contributed by atoms with E-state index in [0.717, 1.165) is 0 Å². The number of amides is 1. The molecule has 1 rings (SSSR count). The first-order valence-electron chi connectivity index (χ1n) is 6.42. The minimum atomic E-state index is -1.07. The van der Waals surface area contributed by atoms with Crippen LogP contribution < -0.4 is 11.1 Å². The Hall–Kier alpha value is -1.01. The zero-order valence-corrected chi connectivity index (χ0v) is 12.3. The second-order valence-corrected chi connectivity index (χ2v) is 6.77. The van der Waals surface area contributed by atoms with Crippen molar-refractivity contribution < 1.29 is 14.7 Å². The van der Waals surface area contributed by atoms with E-state index in [9.17, 15) is 9.59 Å². The van der Waals surface area contributed by atoms with Gasteiger partial charge in [0, 0.05) is 22.5 Å². The third kappa shape index (κ3) is 4.87. The first kappa shape index (κ1) is 16.0. The summed E-state index contributed by atoms with van der Waals surface area (Å²) in [6.07, 6.45) is 3.72. The summed E-state index contributed by atoms with van der Waals surface area (Å²) in [5, 5.41) is 12.5. The summed E-state index contributed by atoms with van der Waals surface area (Å²) in [6.45, 7) is 6.22. The molecule has 4 N–H and O–H groups in total. The number of allylic oxidation sites excluding steroid dienone is 1. The molecular weight excluding hydrogens is 264 g/mol. The van der Waals surface area contributed by atoms with Crippen molar-refractivity contribution in [1.82, 2.24) is 5.32 Å². The molecule has 0 spiro atoms. The average molecular weight is 286 g/mol. The molecule has 0 aromatic carbocycles. The van der Waals surface area contributed by atoms with E-state index in [1.807, 2.05) is 24.8 Å². The van der Waals surface area contributed by atoms with Crippen LogP contribution in [-0.4, -0.2) is 39.6 Å². The zero-order chi connectivity index (χ0) is 14.6. The molecule has 0 radical (unpaired) electrons. The molecule has 1 aliphatic rings. The number of carbonyl (C=O) groups excluding carboxylic acids is 1. The van der Waals surface area contributed by atoms with E-state index in [0.29, 0.717) is 16.4 Å². The Kier molecular flexibility index (Phi) is 5.87. The molecule has 1 fully saturated rings. The highest BCUT2D eigenvalue weighted by Crippen LogP contribution is 2.42. The Morgan fingerprint density at radius 1 is 1.42 bits per heavy atom. The molecule has 1 amide bonds. The minimum Gasteiger partial charge on any atom is -0.481 e. The van der Waals surface area contributed by atoms with E-state index < -0.39 is 17.9 Å². The predicted molar refractivity (Wildman–Crippen MR) is 77.0 cm³/mol. The van der Waals surface area contributed by atoms with Crippen LogP contribution in [0.4, 0.5) is 0 Å². The third-order valence-electron chi connectivity index (χ3n) is 3.24. The van der Waals surface area contributed by atoms with Crippen LogP contribution in [-0.2, 0) is 9.59 Å². The van der Waals surface area contributed by atoms with Gasteiger partial charge < -0.3 is 16.2 Å². The summed E-state index contributed by atoms with van der Waals surface area (Å²) in [5.41, 5.74) is 5.48. The quantitative estimate of drug-likeness (QED) is 0.633. The molecule has 6 heteroatoms. The number of carboxylic acids is 1. The van der Waals surface area contributed by atoms with Crippen LogP contribution in [0.15, 0.2) is 12.2 Å². The molecular formula is C13H22N2O3S. The van der Waals surface area contributed by atoms with Gasteiger partial charge in [-0.25, -0.2) is 0 Å². The summed E-state index contributed by atoms with van der Waals surface area (Å²) < 4.78 is 0. The Balaban J connectivity index is 2.38. The standard InChI is InChI=1S/C13H22N2O3S/c1-7(4-5-10-8(2)19-9(10)3)15-13(18)11(14)6-12(16)17/h4-5,7-11H,6,14H2,1-3H3,(H,15,18)(H,16,17)/b5-4+/t7?,8?,9?,10?,11-/m0/s1. The van der Waals surface area contributed by atoms with Gasteiger partial charge in [0.05, 0.1) is 12.5 Å². The van der Waals surface area contributed by atoms with Gasteiger partial charge in [-0.15, -0.1) is 0 Å². The molecule has 3 unspecified atom stereocenters. The first-order valence-corrected chi connectivity index (χ1v) is 7.37. The number of thioether (sulfide) groups is 1. The van der Waals surface area contributed by atoms with Crippen molar-refractivity contribution in [3.8, 4) is 0 Å². The van der Waals surface area contributed by atoms with E-state index in [1.54, 1.807) is 0 Å². The van der Waals surface area contributed by atoms with Crippen LogP contribution in [0.1, 0.15) is 27.2 Å². The van der Waals surface area contributed by atoms with E-state index >= 15 is 0 Å². The number of hydrogen-bond donors (Lipinski definition) is 3. The summed E-state index contributed by atoms with van der Waals surface area (Å²) >= 11 is 1.94. The van der Waals surface area contributed by atoms with Crippen molar-refractivity contribution in [3.63, 3.8) is 0 Å². The number of nitrogens with two attached hydrogens (primary N) is 1. The van der Waals surface area contributed by atoms with Crippen molar-refractivity contribution in [3.05, 3.63) is 12.2 Å². The Morgan fingerprint density at radius 2 is 2.00 bits per heavy atom. The van der Waals surface area contributed by atoms with Gasteiger partial charge >= 0.3 is 5.97 Å². The van der Waals surface area contributed by atoms with E-state index in [2.05, 4.69) is 25.2 Å². The number of aliphatic carboxylic acids is 1. The predicted octanol–water partition coefficient (Wildman–Crippen LogP) is 0.989. The largest absolute Gasteiger partial charge is 0.481 e. The maximum Gasteiger partial charge on any atom is 0.305 e. The van der Waals surface area contributed by atoms with Gasteiger partial charge in [-0.05, 0) is 6.92 Å². The van der Waals surface area contributed by atoms with Crippen LogP contribution in [0.25, 0.3) is 0 Å². The lowest BCUT2D eigenvalue weighted by Crippen LogP contribution is -2.45. The lowest BCUT2D eigenvalue weighted by Gasteiger charge is -2.38. The van der Waals surface area contributed by atoms with Gasteiger partial charge in [0.25, 0.3) is 0 Å². The van der Waals surface area contributed by atoms with E-state index in [-0.39, 0.29) is 12.5 Å². The summed E-state index contributed by atoms with van der Waals surface area (Å²) in [4.78, 5) is 22.1. The third-order valence-corrected chi connectivity index (χ3v) is 4.72. The summed E-state index contributed by atoms with van der Waals surface area (Å²) in [5.74, 6) is -0.958. The van der Waals surface area contributed by atoms with E-state index in [1.165, 1.54) is 0 Å². The van der Waals surface area contributed by atoms with Crippen molar-refractivity contribution in [2.75, 3.05) is 0 Å². The molecule has 5 nitrogen and oxygen atoms in total. The fraction of sp³-hybridized carbons (Fsp3) is 0.692. The lowest BCUT2D eigenvalue weighted by atomic mass is 9.99. The van der Waals surface area contributed by atoms with Gasteiger partial charge in [-0.1, -0.05) is 26.0 Å². The molecule has 19 heavy (non-hydrogen) atoms. The fourth-order valence-corrected chi connectivity index (χ4v) is 3.50. The number of rotatable bonds is 6. The smallest absolute Gasteiger partial charge is 0.305 e. The molecule has 0 aromatic rings. The van der Waals surface area contributed by atoms with Gasteiger partial charge in [0.2, 0.25) is 5.91 Å². The van der Waals surface area contributed by atoms with Crippen molar-refractivity contribution in [2.45, 2.75) is 49.8 Å². The molecule has 0 aromatic heterocycles. The zero-order valence-electron chi connectivity index (χ0n) is 11.5. The van der Waals surface area contributed by atoms with Gasteiger partial charge in [-0.3, -0.25) is 9.59 Å². The van der Waals surface area contributed by atoms with Crippen LogP contribution in [0, 0.1) is 5.92 Å². The normalized spacial score (nSPS) is 29.6. The van der Waals surface area contributed by atoms with Gasteiger partial charge in [-0.2, -0.15) is 11.8 Å². The number of carbonyl (C=O) groups is 2. The van der Waals surface area contributed by atoms with E-state index in [4.69, 9.17) is 10.8 Å². The van der Waals surface area contributed by atoms with Crippen LogP contribution in [0.3, 0.4) is 0 Å². The molecule has 1 saturated heterocycles. The van der Waals surface area contributed by atoms with Crippen molar-refractivity contribution in [1.29, 1.82) is 0 Å². The Bertz CT molecular complexity index is 365. The molecule has 0 aliphatic carbocycles. The highest BCUT2D eigenvalue weighted by atomic mass is 32.2. The summed E-state index contributed by atoms with van der Waals surface area (Å²) in [7, 11) is 0. The lowest BCUT2D eigenvalue weighted by molar-refractivity contribution is -0.139. The van der Waals surface area contributed by atoms with Gasteiger partial charge in [0.15, 0.2) is 0 Å². The van der Waals surface area contributed by atoms with Gasteiger partial charge in [0.1, 0.15) is 0 Å². The monoisotopic (exact) mass is 286 g/mol. The molecule has 108 valence electrons. The van der Waals surface area contributed by atoms with Crippen LogP contribution in [0.2, 0.25) is 0 Å². The molecule has 1 aliphatic heterocycles. The SMILES string of the molecule is CC(/C=C/C1C(C)SC1C)NC(=O)[C@@H](N)CC(=O)O. The number of carboxylic acid groups (broad SMARTS) is 1. The maximum atomic E-state index is 11.6. The van der Waals surface area contributed by atoms with Crippen molar-refractivity contribution in [2.24, 2.45) is 11.7 Å². The Labute approximate surface area is 118 Å². The highest BCUT2D eigenvalue weighted by Gasteiger charge is 2.33. The second kappa shape index (κ2) is 6.96. The number of nitrogens with one attached hydrogen (secondary N) is 1. The molecule has 1 heterocycles. The first-order chi connectivity index (χ1) is 8.81. The van der Waals surface area contributed by atoms with Crippen molar-refractivity contribution >= 4 is 23.6 Å². The Morgan fingerprint density at radius 3 is 2.47 bits per heavy atom. The average Bonchev–Trinajstić information content (AvgIpc) is 2.27. The highest BCUT2D eigenvalue weighted by molar-refractivity contribution is 8.01. The second-order valence-electron chi connectivity index (χ2n) is 5.01. The maximum absolute atomic E-state index is 11.6. The van der Waals surface area contributed by atoms with Crippen LogP contribution in [0.5, 0.6) is 0 Å². The van der Waals surface area contributed by atoms with Crippen LogP contribution >= 0.6 is 11.8 Å². The summed E-state index contributed by atoms with van der Waals surface area (Å²) in [6, 6.07) is -1.14.